The molecule has 1 atom stereocenters. The van der Waals surface area contributed by atoms with Crippen LogP contribution in [0.5, 0.6) is 0 Å². The van der Waals surface area contributed by atoms with Gasteiger partial charge in [-0.2, -0.15) is 0 Å². The van der Waals surface area contributed by atoms with E-state index in [4.69, 9.17) is 0 Å². The summed E-state index contributed by atoms with van der Waals surface area (Å²) in [6.45, 7) is 7.06. The Labute approximate surface area is 144 Å². The third-order valence-corrected chi connectivity index (χ3v) is 4.80. The van der Waals surface area contributed by atoms with Crippen LogP contribution >= 0.6 is 0 Å². The second-order valence-electron chi connectivity index (χ2n) is 6.82. The van der Waals surface area contributed by atoms with Gasteiger partial charge in [0.2, 0.25) is 5.91 Å². The van der Waals surface area contributed by atoms with Crippen LogP contribution in [-0.2, 0) is 4.79 Å². The highest BCUT2D eigenvalue weighted by Gasteiger charge is 2.26. The normalized spacial score (nSPS) is 15.6. The number of amides is 1. The maximum Gasteiger partial charge on any atom is 0.244 e. The van der Waals surface area contributed by atoms with Crippen molar-refractivity contribution in [3.05, 3.63) is 65.0 Å². The average Bonchev–Trinajstić information content (AvgIpc) is 3.37. The van der Waals surface area contributed by atoms with Gasteiger partial charge in [0.1, 0.15) is 0 Å². The van der Waals surface area contributed by atoms with Crippen LogP contribution in [0.4, 0.5) is 0 Å². The van der Waals surface area contributed by atoms with Crippen LogP contribution in [-0.4, -0.2) is 17.0 Å². The molecule has 3 heteroatoms. The van der Waals surface area contributed by atoms with E-state index in [1.54, 1.807) is 6.08 Å². The quantitative estimate of drug-likeness (QED) is 0.787. The molecule has 126 valence electrons. The van der Waals surface area contributed by atoms with Gasteiger partial charge in [0, 0.05) is 30.1 Å². The smallest absolute Gasteiger partial charge is 0.244 e. The molecule has 0 unspecified atom stereocenters. The lowest BCUT2D eigenvalue weighted by molar-refractivity contribution is -0.116. The van der Waals surface area contributed by atoms with E-state index in [9.17, 15) is 4.79 Å². The van der Waals surface area contributed by atoms with Gasteiger partial charge >= 0.3 is 0 Å². The maximum absolute atomic E-state index is 12.1. The van der Waals surface area contributed by atoms with E-state index in [1.165, 1.54) is 29.8 Å². The third-order valence-electron chi connectivity index (χ3n) is 4.80. The van der Waals surface area contributed by atoms with Gasteiger partial charge in [0.25, 0.3) is 0 Å². The van der Waals surface area contributed by atoms with Crippen LogP contribution in [0, 0.1) is 13.8 Å². The zero-order valence-electron chi connectivity index (χ0n) is 14.8. The molecule has 1 aliphatic rings. The Morgan fingerprint density at radius 3 is 2.67 bits per heavy atom. The van der Waals surface area contributed by atoms with Gasteiger partial charge in [-0.05, 0) is 55.9 Å². The van der Waals surface area contributed by atoms with Crippen molar-refractivity contribution in [3.63, 3.8) is 0 Å². The van der Waals surface area contributed by atoms with Crippen molar-refractivity contribution in [2.45, 2.75) is 45.6 Å². The monoisotopic (exact) mass is 322 g/mol. The Morgan fingerprint density at radius 1 is 1.29 bits per heavy atom. The van der Waals surface area contributed by atoms with Crippen molar-refractivity contribution in [2.75, 3.05) is 6.54 Å². The van der Waals surface area contributed by atoms with E-state index in [0.29, 0.717) is 18.5 Å². The summed E-state index contributed by atoms with van der Waals surface area (Å²) in [4.78, 5) is 12.1. The fraction of sp³-hybridized carbons (Fsp3) is 0.381. The van der Waals surface area contributed by atoms with Crippen molar-refractivity contribution in [3.8, 4) is 0 Å². The molecular weight excluding hydrogens is 296 g/mol. The van der Waals surface area contributed by atoms with Crippen LogP contribution in [0.25, 0.3) is 6.08 Å². The van der Waals surface area contributed by atoms with Crippen molar-refractivity contribution >= 4 is 12.0 Å². The van der Waals surface area contributed by atoms with Crippen molar-refractivity contribution in [1.29, 1.82) is 0 Å². The summed E-state index contributed by atoms with van der Waals surface area (Å²) in [5, 5.41) is 2.99. The molecule has 1 aromatic carbocycles. The Kier molecular flexibility index (Phi) is 4.89. The average molecular weight is 322 g/mol. The summed E-state index contributed by atoms with van der Waals surface area (Å²) in [6.07, 6.45) is 6.13. The lowest BCUT2D eigenvalue weighted by Gasteiger charge is -2.11. The van der Waals surface area contributed by atoms with Crippen LogP contribution < -0.4 is 5.32 Å². The van der Waals surface area contributed by atoms with E-state index in [1.807, 2.05) is 24.3 Å². The highest BCUT2D eigenvalue weighted by atomic mass is 16.1. The molecule has 1 heterocycles. The highest BCUT2D eigenvalue weighted by molar-refractivity contribution is 5.91. The third kappa shape index (κ3) is 3.78. The molecule has 1 amide bonds. The van der Waals surface area contributed by atoms with Crippen LogP contribution in [0.3, 0.4) is 0 Å². The van der Waals surface area contributed by atoms with Gasteiger partial charge in [0.15, 0.2) is 0 Å². The summed E-state index contributed by atoms with van der Waals surface area (Å²) in [6, 6.07) is 13.1. The first-order valence-corrected chi connectivity index (χ1v) is 8.75. The summed E-state index contributed by atoms with van der Waals surface area (Å²) < 4.78 is 2.40. The molecule has 3 rings (SSSR count). The van der Waals surface area contributed by atoms with Gasteiger partial charge in [-0.1, -0.05) is 37.3 Å². The first-order chi connectivity index (χ1) is 11.6. The largest absolute Gasteiger partial charge is 0.352 e. The number of carbonyl (C=O) groups excluding carboxylic acids is 1. The first kappa shape index (κ1) is 16.6. The molecule has 1 aromatic heterocycles. The number of nitrogens with one attached hydrogen (secondary N) is 1. The summed E-state index contributed by atoms with van der Waals surface area (Å²) >= 11 is 0. The number of aryl methyl sites for hydroxylation is 1. The van der Waals surface area contributed by atoms with Crippen molar-refractivity contribution in [1.82, 2.24) is 9.88 Å². The van der Waals surface area contributed by atoms with Crippen molar-refractivity contribution in [2.24, 2.45) is 0 Å². The van der Waals surface area contributed by atoms with Crippen LogP contribution in [0.15, 0.2) is 42.5 Å². The number of hydrogen-bond acceptors (Lipinski definition) is 1. The molecule has 3 nitrogen and oxygen atoms in total. The Bertz CT molecular complexity index is 739. The minimum absolute atomic E-state index is 0.0333. The van der Waals surface area contributed by atoms with Gasteiger partial charge < -0.3 is 9.88 Å². The minimum Gasteiger partial charge on any atom is -0.352 e. The number of aromatic nitrogens is 1. The zero-order valence-corrected chi connectivity index (χ0v) is 14.8. The van der Waals surface area contributed by atoms with E-state index in [0.717, 1.165) is 5.56 Å². The van der Waals surface area contributed by atoms with E-state index in [2.05, 4.69) is 48.9 Å². The van der Waals surface area contributed by atoms with Crippen LogP contribution in [0.2, 0.25) is 0 Å². The summed E-state index contributed by atoms with van der Waals surface area (Å²) in [5.41, 5.74) is 4.94. The number of hydrogen-bond donors (Lipinski definition) is 1. The molecule has 1 aliphatic carbocycles. The molecular formula is C21H26N2O. The molecule has 0 spiro atoms. The predicted molar refractivity (Wildman–Crippen MR) is 99.1 cm³/mol. The van der Waals surface area contributed by atoms with Crippen LogP contribution in [0.1, 0.15) is 54.2 Å². The molecule has 0 aliphatic heterocycles. The van der Waals surface area contributed by atoms with E-state index >= 15 is 0 Å². The SMILES string of the molecule is Cc1cc(/C=C/C(=O)NC[C@H](C)c2ccccc2)c(C)n1C1CC1. The summed E-state index contributed by atoms with van der Waals surface area (Å²) in [5.74, 6) is 0.275. The second-order valence-corrected chi connectivity index (χ2v) is 6.82. The molecule has 1 saturated carbocycles. The molecule has 1 N–H and O–H groups in total. The fourth-order valence-electron chi connectivity index (χ4n) is 3.24. The highest BCUT2D eigenvalue weighted by Crippen LogP contribution is 2.38. The standard InChI is InChI=1S/C21H26N2O/c1-15(18-7-5-4-6-8-18)14-22-21(24)12-9-19-13-16(2)23(17(19)3)20-10-11-20/h4-9,12-13,15,20H,10-11,14H2,1-3H3,(H,22,24)/b12-9+/t15-/m0/s1. The maximum atomic E-state index is 12.1. The predicted octanol–water partition coefficient (Wildman–Crippen LogP) is 4.37. The molecule has 0 saturated heterocycles. The number of carbonyl (C=O) groups is 1. The summed E-state index contributed by atoms with van der Waals surface area (Å²) in [7, 11) is 0. The lowest BCUT2D eigenvalue weighted by atomic mass is 10.0. The van der Waals surface area contributed by atoms with Gasteiger partial charge in [0.05, 0.1) is 0 Å². The van der Waals surface area contributed by atoms with E-state index < -0.39 is 0 Å². The topological polar surface area (TPSA) is 34.0 Å². The molecule has 1 fully saturated rings. The second kappa shape index (κ2) is 7.08. The minimum atomic E-state index is -0.0333. The molecule has 0 bridgehead atoms. The van der Waals surface area contributed by atoms with Crippen molar-refractivity contribution < 1.29 is 4.79 Å². The zero-order chi connectivity index (χ0) is 17.1. The first-order valence-electron chi connectivity index (χ1n) is 8.75. The lowest BCUT2D eigenvalue weighted by Crippen LogP contribution is -2.25. The Morgan fingerprint density at radius 2 is 2.00 bits per heavy atom. The molecule has 2 aromatic rings. The molecule has 24 heavy (non-hydrogen) atoms. The van der Waals surface area contributed by atoms with Gasteiger partial charge in [-0.3, -0.25) is 4.79 Å². The number of rotatable bonds is 6. The number of benzene rings is 1. The number of nitrogens with zero attached hydrogens (tertiary/aromatic N) is 1. The molecule has 0 radical (unpaired) electrons. The van der Waals surface area contributed by atoms with Gasteiger partial charge in [-0.15, -0.1) is 0 Å². The van der Waals surface area contributed by atoms with Gasteiger partial charge in [-0.25, -0.2) is 0 Å². The van der Waals surface area contributed by atoms with E-state index in [-0.39, 0.29) is 5.91 Å². The fourth-order valence-corrected chi connectivity index (χ4v) is 3.24. The Hall–Kier alpha value is -2.29. The Balaban J connectivity index is 1.57.